The third kappa shape index (κ3) is 4.51. The molecule has 3 aliphatic heterocycles. The van der Waals surface area contributed by atoms with Gasteiger partial charge in [0.25, 0.3) is 0 Å². The standard InChI is InChI=1S/C16H28N2O6S/c1-10(2)17-9-13-15(20)16-12(24-13)7-11(23-16)8-14(19)18-3-5-25(21,22)6-4-18/h10-13,15-17,20H,3-9H2,1-2H3. The Hall–Kier alpha value is -0.740. The number of nitrogens with one attached hydrogen (secondary N) is 1. The van der Waals surface area contributed by atoms with Crippen molar-refractivity contribution in [2.45, 2.75) is 63.3 Å². The minimum absolute atomic E-state index is 0.0296. The van der Waals surface area contributed by atoms with Gasteiger partial charge in [0.15, 0.2) is 9.84 Å². The van der Waals surface area contributed by atoms with Crippen LogP contribution in [0.3, 0.4) is 0 Å². The van der Waals surface area contributed by atoms with Gasteiger partial charge < -0.3 is 24.8 Å². The molecule has 1 amide bonds. The molecule has 0 aromatic heterocycles. The number of aliphatic hydroxyl groups excluding tert-OH is 1. The molecular formula is C16H28N2O6S. The zero-order valence-electron chi connectivity index (χ0n) is 14.8. The van der Waals surface area contributed by atoms with E-state index in [4.69, 9.17) is 9.47 Å². The van der Waals surface area contributed by atoms with Crippen LogP contribution in [0.1, 0.15) is 26.7 Å². The predicted octanol–water partition coefficient (Wildman–Crippen LogP) is -1.08. The lowest BCUT2D eigenvalue weighted by Crippen LogP contribution is -2.45. The lowest BCUT2D eigenvalue weighted by atomic mass is 10.1. The van der Waals surface area contributed by atoms with Gasteiger partial charge in [-0.3, -0.25) is 4.79 Å². The van der Waals surface area contributed by atoms with E-state index in [9.17, 15) is 18.3 Å². The van der Waals surface area contributed by atoms with Crippen LogP contribution in [0.5, 0.6) is 0 Å². The van der Waals surface area contributed by atoms with Gasteiger partial charge in [-0.2, -0.15) is 0 Å². The summed E-state index contributed by atoms with van der Waals surface area (Å²) < 4.78 is 34.7. The van der Waals surface area contributed by atoms with Crippen molar-refractivity contribution in [3.05, 3.63) is 0 Å². The molecule has 3 fully saturated rings. The summed E-state index contributed by atoms with van der Waals surface area (Å²) in [6, 6.07) is 0.316. The second-order valence-electron chi connectivity index (χ2n) is 7.46. The highest BCUT2D eigenvalue weighted by Gasteiger charge is 2.50. The number of rotatable bonds is 5. The monoisotopic (exact) mass is 376 g/mol. The fourth-order valence-electron chi connectivity index (χ4n) is 3.65. The molecular weight excluding hydrogens is 348 g/mol. The van der Waals surface area contributed by atoms with Gasteiger partial charge in [-0.05, 0) is 0 Å². The highest BCUT2D eigenvalue weighted by molar-refractivity contribution is 7.91. The smallest absolute Gasteiger partial charge is 0.225 e. The Morgan fingerprint density at radius 2 is 1.96 bits per heavy atom. The van der Waals surface area contributed by atoms with Crippen molar-refractivity contribution in [1.82, 2.24) is 10.2 Å². The van der Waals surface area contributed by atoms with Gasteiger partial charge in [0.1, 0.15) is 12.2 Å². The van der Waals surface area contributed by atoms with Crippen molar-refractivity contribution in [3.63, 3.8) is 0 Å². The van der Waals surface area contributed by atoms with Crippen LogP contribution >= 0.6 is 0 Å². The molecule has 0 aromatic carbocycles. The van der Waals surface area contributed by atoms with Gasteiger partial charge in [0.05, 0.1) is 36.2 Å². The van der Waals surface area contributed by atoms with Crippen molar-refractivity contribution in [3.8, 4) is 0 Å². The van der Waals surface area contributed by atoms with Crippen LogP contribution in [0.2, 0.25) is 0 Å². The number of amides is 1. The molecule has 3 rings (SSSR count). The molecule has 0 aromatic rings. The maximum Gasteiger partial charge on any atom is 0.225 e. The number of carbonyl (C=O) groups is 1. The summed E-state index contributed by atoms with van der Waals surface area (Å²) in [5.74, 6) is -0.0311. The van der Waals surface area contributed by atoms with E-state index in [0.29, 0.717) is 19.0 Å². The largest absolute Gasteiger partial charge is 0.388 e. The van der Waals surface area contributed by atoms with Crippen molar-refractivity contribution < 1.29 is 27.8 Å². The molecule has 3 saturated heterocycles. The van der Waals surface area contributed by atoms with Gasteiger partial charge in [-0.15, -0.1) is 0 Å². The Labute approximate surface area is 148 Å². The van der Waals surface area contributed by atoms with E-state index < -0.39 is 22.0 Å². The molecule has 9 heteroatoms. The van der Waals surface area contributed by atoms with Gasteiger partial charge in [0.2, 0.25) is 5.91 Å². The van der Waals surface area contributed by atoms with Crippen molar-refractivity contribution >= 4 is 15.7 Å². The Bertz CT molecular complexity index is 581. The maximum atomic E-state index is 12.3. The molecule has 8 nitrogen and oxygen atoms in total. The van der Waals surface area contributed by atoms with Gasteiger partial charge in [-0.1, -0.05) is 13.8 Å². The highest BCUT2D eigenvalue weighted by atomic mass is 32.2. The summed E-state index contributed by atoms with van der Waals surface area (Å²) in [5.41, 5.74) is 0. The van der Waals surface area contributed by atoms with Gasteiger partial charge >= 0.3 is 0 Å². The number of sulfone groups is 1. The summed E-state index contributed by atoms with van der Waals surface area (Å²) in [5, 5.41) is 13.6. The van der Waals surface area contributed by atoms with Crippen LogP contribution in [-0.2, 0) is 24.1 Å². The molecule has 144 valence electrons. The zero-order chi connectivity index (χ0) is 18.2. The van der Waals surface area contributed by atoms with Crippen LogP contribution in [0, 0.1) is 0 Å². The first-order valence-corrected chi connectivity index (χ1v) is 10.8. The van der Waals surface area contributed by atoms with E-state index in [1.807, 2.05) is 13.8 Å². The summed E-state index contributed by atoms with van der Waals surface area (Å²) in [6.45, 7) is 5.14. The SMILES string of the molecule is CC(C)NCC1OC2CC(CC(=O)N3CCS(=O)(=O)CC3)OC2C1O. The first kappa shape index (κ1) is 19.0. The van der Waals surface area contributed by atoms with Crippen molar-refractivity contribution in [2.75, 3.05) is 31.1 Å². The second-order valence-corrected chi connectivity index (χ2v) is 9.77. The number of aliphatic hydroxyl groups is 1. The second kappa shape index (κ2) is 7.48. The number of hydrogen-bond donors (Lipinski definition) is 2. The molecule has 5 atom stereocenters. The summed E-state index contributed by atoms with van der Waals surface area (Å²) in [6.07, 6.45) is -1.06. The molecule has 0 spiro atoms. The molecule has 0 radical (unpaired) electrons. The first-order valence-electron chi connectivity index (χ1n) is 8.96. The zero-order valence-corrected chi connectivity index (χ0v) is 15.6. The van der Waals surface area contributed by atoms with Crippen LogP contribution in [-0.4, -0.2) is 92.0 Å². The minimum atomic E-state index is -3.00. The first-order chi connectivity index (χ1) is 11.7. The number of carbonyl (C=O) groups excluding carboxylic acids is 1. The summed E-state index contributed by atoms with van der Waals surface area (Å²) >= 11 is 0. The van der Waals surface area contributed by atoms with E-state index >= 15 is 0 Å². The lowest BCUT2D eigenvalue weighted by molar-refractivity contribution is -0.134. The lowest BCUT2D eigenvalue weighted by Gasteiger charge is -2.28. The van der Waals surface area contributed by atoms with E-state index in [0.717, 1.165) is 0 Å². The number of ether oxygens (including phenoxy) is 2. The van der Waals surface area contributed by atoms with E-state index in [1.165, 1.54) is 0 Å². The van der Waals surface area contributed by atoms with E-state index in [1.54, 1.807) is 4.90 Å². The molecule has 3 heterocycles. The van der Waals surface area contributed by atoms with Crippen LogP contribution < -0.4 is 5.32 Å². The van der Waals surface area contributed by atoms with Crippen molar-refractivity contribution in [2.24, 2.45) is 0 Å². The molecule has 3 aliphatic rings. The average Bonchev–Trinajstić information content (AvgIpc) is 3.04. The molecule has 0 bridgehead atoms. The van der Waals surface area contributed by atoms with Crippen LogP contribution in [0.15, 0.2) is 0 Å². The molecule has 0 saturated carbocycles. The Morgan fingerprint density at radius 1 is 1.28 bits per heavy atom. The van der Waals surface area contributed by atoms with Crippen LogP contribution in [0.25, 0.3) is 0 Å². The Morgan fingerprint density at radius 3 is 2.56 bits per heavy atom. The number of nitrogens with zero attached hydrogens (tertiary/aromatic N) is 1. The van der Waals surface area contributed by atoms with Crippen molar-refractivity contribution in [1.29, 1.82) is 0 Å². The van der Waals surface area contributed by atoms with E-state index in [2.05, 4.69) is 5.32 Å². The summed E-state index contributed by atoms with van der Waals surface area (Å²) in [7, 11) is -3.00. The Kier molecular flexibility index (Phi) is 5.69. The summed E-state index contributed by atoms with van der Waals surface area (Å²) in [4.78, 5) is 13.9. The maximum absolute atomic E-state index is 12.3. The average molecular weight is 376 g/mol. The fraction of sp³-hybridized carbons (Fsp3) is 0.938. The minimum Gasteiger partial charge on any atom is -0.388 e. The number of hydrogen-bond acceptors (Lipinski definition) is 7. The molecule has 0 aliphatic carbocycles. The molecule has 5 unspecified atom stereocenters. The quantitative estimate of drug-likeness (QED) is 0.629. The Balaban J connectivity index is 1.46. The van der Waals surface area contributed by atoms with Gasteiger partial charge in [0, 0.05) is 32.1 Å². The third-order valence-electron chi connectivity index (χ3n) is 5.11. The van der Waals surface area contributed by atoms with E-state index in [-0.39, 0.29) is 55.2 Å². The normalized spacial score (nSPS) is 37.4. The predicted molar refractivity (Wildman–Crippen MR) is 90.9 cm³/mol. The molecule has 2 N–H and O–H groups in total. The van der Waals surface area contributed by atoms with Crippen LogP contribution in [0.4, 0.5) is 0 Å². The fourth-order valence-corrected chi connectivity index (χ4v) is 4.85. The topological polar surface area (TPSA) is 105 Å². The molecule has 25 heavy (non-hydrogen) atoms. The third-order valence-corrected chi connectivity index (χ3v) is 6.71. The number of fused-ring (bicyclic) bond motifs is 1. The van der Waals surface area contributed by atoms with Gasteiger partial charge in [-0.25, -0.2) is 8.42 Å². The highest BCUT2D eigenvalue weighted by Crippen LogP contribution is 2.35.